The number of fused-ring (bicyclic) bond motifs is 1. The van der Waals surface area contributed by atoms with Crippen LogP contribution in [0.1, 0.15) is 12.5 Å². The monoisotopic (exact) mass is 253 g/mol. The topological polar surface area (TPSA) is 69.6 Å². The highest BCUT2D eigenvalue weighted by Crippen LogP contribution is 2.22. The number of pyridine rings is 2. The molecule has 0 aromatic carbocycles. The van der Waals surface area contributed by atoms with E-state index in [2.05, 4.69) is 26.4 Å². The fraction of sp³-hybridized carbons (Fsp3) is 0.214. The molecule has 5 heteroatoms. The van der Waals surface area contributed by atoms with Crippen LogP contribution in [0.5, 0.6) is 0 Å². The van der Waals surface area contributed by atoms with Crippen molar-refractivity contribution < 1.29 is 0 Å². The summed E-state index contributed by atoms with van der Waals surface area (Å²) in [6.07, 6.45) is 5.36. The Labute approximate surface area is 111 Å². The van der Waals surface area contributed by atoms with E-state index in [1.807, 2.05) is 18.2 Å². The normalized spacial score (nSPS) is 11.1. The summed E-state index contributed by atoms with van der Waals surface area (Å²) in [6.45, 7) is 3.44. The van der Waals surface area contributed by atoms with E-state index in [1.54, 1.807) is 18.6 Å². The molecular formula is C14H15N5. The van der Waals surface area contributed by atoms with Crippen LogP contribution in [0.15, 0.2) is 36.8 Å². The number of rotatable bonds is 3. The minimum Gasteiger partial charge on any atom is -0.326 e. The van der Waals surface area contributed by atoms with Gasteiger partial charge >= 0.3 is 0 Å². The molecule has 0 bridgehead atoms. The quantitative estimate of drug-likeness (QED) is 0.774. The first-order chi connectivity index (χ1) is 9.33. The lowest BCUT2D eigenvalue weighted by atomic mass is 10.2. The standard InChI is InChI=1S/C14H15N5/c1-2-19-13-5-6-16-9-12(13)18-14(19)11-4-3-10(7-15)8-17-11/h3-6,8-9H,2,7,15H2,1H3. The molecule has 0 aliphatic heterocycles. The van der Waals surface area contributed by atoms with E-state index in [4.69, 9.17) is 5.73 Å². The summed E-state index contributed by atoms with van der Waals surface area (Å²) in [5, 5.41) is 0. The average molecular weight is 253 g/mol. The van der Waals surface area contributed by atoms with Gasteiger partial charge in [-0.2, -0.15) is 0 Å². The third-order valence-electron chi connectivity index (χ3n) is 3.16. The van der Waals surface area contributed by atoms with Crippen LogP contribution in [0.4, 0.5) is 0 Å². The van der Waals surface area contributed by atoms with Gasteiger partial charge in [-0.25, -0.2) is 4.98 Å². The summed E-state index contributed by atoms with van der Waals surface area (Å²) in [6, 6.07) is 5.92. The molecule has 0 fully saturated rings. The van der Waals surface area contributed by atoms with Crippen LogP contribution in [0.2, 0.25) is 0 Å². The Morgan fingerprint density at radius 2 is 2.11 bits per heavy atom. The molecule has 0 saturated carbocycles. The fourth-order valence-corrected chi connectivity index (χ4v) is 2.17. The van der Waals surface area contributed by atoms with Gasteiger partial charge in [-0.3, -0.25) is 9.97 Å². The van der Waals surface area contributed by atoms with E-state index in [1.165, 1.54) is 0 Å². The second kappa shape index (κ2) is 4.78. The molecule has 3 aromatic heterocycles. The molecular weight excluding hydrogens is 238 g/mol. The number of aryl methyl sites for hydroxylation is 1. The zero-order valence-electron chi connectivity index (χ0n) is 10.7. The molecule has 96 valence electrons. The Morgan fingerprint density at radius 3 is 2.79 bits per heavy atom. The van der Waals surface area contributed by atoms with Crippen LogP contribution in [0, 0.1) is 0 Å². The third-order valence-corrected chi connectivity index (χ3v) is 3.16. The van der Waals surface area contributed by atoms with E-state index in [0.717, 1.165) is 34.7 Å². The van der Waals surface area contributed by atoms with Gasteiger partial charge in [0.15, 0.2) is 5.82 Å². The van der Waals surface area contributed by atoms with Gasteiger partial charge in [0.25, 0.3) is 0 Å². The van der Waals surface area contributed by atoms with Crippen LogP contribution in [0.25, 0.3) is 22.6 Å². The summed E-state index contributed by atoms with van der Waals surface area (Å²) in [5.41, 5.74) is 9.44. The second-order valence-corrected chi connectivity index (χ2v) is 4.30. The highest BCUT2D eigenvalue weighted by molar-refractivity contribution is 5.78. The maximum Gasteiger partial charge on any atom is 0.159 e. The molecule has 3 aromatic rings. The first-order valence-corrected chi connectivity index (χ1v) is 6.29. The molecule has 3 heterocycles. The van der Waals surface area contributed by atoms with E-state index < -0.39 is 0 Å². The highest BCUT2D eigenvalue weighted by Gasteiger charge is 2.12. The lowest BCUT2D eigenvalue weighted by Crippen LogP contribution is -2.01. The van der Waals surface area contributed by atoms with Crippen molar-refractivity contribution in [3.8, 4) is 11.5 Å². The predicted octanol–water partition coefficient (Wildman–Crippen LogP) is 1.97. The summed E-state index contributed by atoms with van der Waals surface area (Å²) < 4.78 is 2.14. The van der Waals surface area contributed by atoms with Gasteiger partial charge in [0, 0.05) is 25.5 Å². The van der Waals surface area contributed by atoms with Crippen molar-refractivity contribution in [2.45, 2.75) is 20.0 Å². The minimum absolute atomic E-state index is 0.501. The molecule has 3 rings (SSSR count). The van der Waals surface area contributed by atoms with E-state index in [9.17, 15) is 0 Å². The Balaban J connectivity index is 2.17. The van der Waals surface area contributed by atoms with Gasteiger partial charge in [0.2, 0.25) is 0 Å². The van der Waals surface area contributed by atoms with E-state index >= 15 is 0 Å². The minimum atomic E-state index is 0.501. The summed E-state index contributed by atoms with van der Waals surface area (Å²) in [4.78, 5) is 13.2. The molecule has 0 atom stereocenters. The van der Waals surface area contributed by atoms with E-state index in [0.29, 0.717) is 6.54 Å². The zero-order chi connectivity index (χ0) is 13.2. The number of nitrogens with two attached hydrogens (primary N) is 1. The van der Waals surface area contributed by atoms with Gasteiger partial charge < -0.3 is 10.3 Å². The molecule has 0 radical (unpaired) electrons. The first-order valence-electron chi connectivity index (χ1n) is 6.29. The molecule has 19 heavy (non-hydrogen) atoms. The van der Waals surface area contributed by atoms with Gasteiger partial charge in [-0.05, 0) is 24.6 Å². The molecule has 2 N–H and O–H groups in total. The molecule has 0 unspecified atom stereocenters. The average Bonchev–Trinajstić information content (AvgIpc) is 2.85. The van der Waals surface area contributed by atoms with Gasteiger partial charge in [-0.1, -0.05) is 6.07 Å². The van der Waals surface area contributed by atoms with Crippen molar-refractivity contribution in [3.05, 3.63) is 42.4 Å². The fourth-order valence-electron chi connectivity index (χ4n) is 2.17. The molecule has 0 spiro atoms. The van der Waals surface area contributed by atoms with Gasteiger partial charge in [0.1, 0.15) is 11.2 Å². The predicted molar refractivity (Wildman–Crippen MR) is 74.3 cm³/mol. The second-order valence-electron chi connectivity index (χ2n) is 4.30. The van der Waals surface area contributed by atoms with Crippen LogP contribution in [0.3, 0.4) is 0 Å². The molecule has 0 aliphatic rings. The third kappa shape index (κ3) is 1.98. The van der Waals surface area contributed by atoms with Crippen LogP contribution >= 0.6 is 0 Å². The summed E-state index contributed by atoms with van der Waals surface area (Å²) >= 11 is 0. The Kier molecular flexibility index (Phi) is 2.97. The van der Waals surface area contributed by atoms with Gasteiger partial charge in [0.05, 0.1) is 11.7 Å². The Bertz CT molecular complexity index is 699. The van der Waals surface area contributed by atoms with E-state index in [-0.39, 0.29) is 0 Å². The number of imidazole rings is 1. The molecule has 5 nitrogen and oxygen atoms in total. The summed E-state index contributed by atoms with van der Waals surface area (Å²) in [5.74, 6) is 0.870. The maximum absolute atomic E-state index is 5.59. The largest absolute Gasteiger partial charge is 0.326 e. The van der Waals surface area contributed by atoms with Crippen LogP contribution in [-0.4, -0.2) is 19.5 Å². The van der Waals surface area contributed by atoms with Crippen molar-refractivity contribution in [2.24, 2.45) is 5.73 Å². The lowest BCUT2D eigenvalue weighted by Gasteiger charge is -2.05. The van der Waals surface area contributed by atoms with Gasteiger partial charge in [-0.15, -0.1) is 0 Å². The number of hydrogen-bond donors (Lipinski definition) is 1. The van der Waals surface area contributed by atoms with Crippen LogP contribution in [-0.2, 0) is 13.1 Å². The number of aromatic nitrogens is 4. The number of nitrogens with zero attached hydrogens (tertiary/aromatic N) is 4. The first kappa shape index (κ1) is 11.8. The van der Waals surface area contributed by atoms with Crippen molar-refractivity contribution in [1.29, 1.82) is 0 Å². The summed E-state index contributed by atoms with van der Waals surface area (Å²) in [7, 11) is 0. The van der Waals surface area contributed by atoms with Crippen molar-refractivity contribution in [3.63, 3.8) is 0 Å². The lowest BCUT2D eigenvalue weighted by molar-refractivity contribution is 0.792. The van der Waals surface area contributed by atoms with Crippen molar-refractivity contribution in [1.82, 2.24) is 19.5 Å². The van der Waals surface area contributed by atoms with Crippen molar-refractivity contribution in [2.75, 3.05) is 0 Å². The molecule has 0 amide bonds. The molecule has 0 aliphatic carbocycles. The highest BCUT2D eigenvalue weighted by atomic mass is 15.1. The Hall–Kier alpha value is -2.27. The maximum atomic E-state index is 5.59. The van der Waals surface area contributed by atoms with Crippen molar-refractivity contribution >= 4 is 11.0 Å². The number of hydrogen-bond acceptors (Lipinski definition) is 4. The smallest absolute Gasteiger partial charge is 0.159 e. The Morgan fingerprint density at radius 1 is 1.21 bits per heavy atom. The molecule has 0 saturated heterocycles. The zero-order valence-corrected chi connectivity index (χ0v) is 10.7. The van der Waals surface area contributed by atoms with Crippen LogP contribution < -0.4 is 5.73 Å². The SMILES string of the molecule is CCn1c(-c2ccc(CN)cn2)nc2cnccc21.